The minimum Gasteiger partial charge on any atom is -0.352 e. The quantitative estimate of drug-likeness (QED) is 0.803. The van der Waals surface area contributed by atoms with Gasteiger partial charge < -0.3 is 10.2 Å². The Balaban J connectivity index is 1.53. The fraction of sp³-hybridized carbons (Fsp3) is 0.600. The Bertz CT molecular complexity index is 659. The summed E-state index contributed by atoms with van der Waals surface area (Å²) in [7, 11) is 0. The standard InChI is InChI=1S/C20H26Cl2N2O2/c21-16-10-8-14(13-17(16)22)9-11-19(25)24-12-4-7-18(24)20(26)23-15-5-2-1-3-6-15/h8,10,13,15,18H,1-7,9,11-12H2,(H,23,26)/t18-/m0/s1. The second-order valence-electron chi connectivity index (χ2n) is 7.34. The predicted molar refractivity (Wildman–Crippen MR) is 105 cm³/mol. The number of halogens is 2. The van der Waals surface area contributed by atoms with E-state index in [4.69, 9.17) is 23.2 Å². The highest BCUT2D eigenvalue weighted by Crippen LogP contribution is 2.25. The smallest absolute Gasteiger partial charge is 0.243 e. The normalized spacial score (nSPS) is 21.0. The van der Waals surface area contributed by atoms with Crippen LogP contribution in [0.1, 0.15) is 56.9 Å². The third-order valence-corrected chi connectivity index (χ3v) is 6.18. The van der Waals surface area contributed by atoms with Gasteiger partial charge in [-0.1, -0.05) is 48.5 Å². The number of rotatable bonds is 5. The minimum absolute atomic E-state index is 0.0253. The van der Waals surface area contributed by atoms with Gasteiger partial charge in [-0.2, -0.15) is 0 Å². The van der Waals surface area contributed by atoms with Crippen LogP contribution in [0, 0.1) is 0 Å². The van der Waals surface area contributed by atoms with E-state index in [0.29, 0.717) is 29.4 Å². The third kappa shape index (κ3) is 4.92. The Labute approximate surface area is 165 Å². The molecule has 26 heavy (non-hydrogen) atoms. The molecule has 0 unspecified atom stereocenters. The molecule has 1 atom stereocenters. The summed E-state index contributed by atoms with van der Waals surface area (Å²) in [5, 5.41) is 4.19. The number of likely N-dealkylation sites (tertiary alicyclic amines) is 1. The van der Waals surface area contributed by atoms with Crippen molar-refractivity contribution in [3.8, 4) is 0 Å². The number of nitrogens with one attached hydrogen (secondary N) is 1. The summed E-state index contributed by atoms with van der Waals surface area (Å²) in [6.45, 7) is 0.670. The molecule has 0 aromatic heterocycles. The average Bonchev–Trinajstić information content (AvgIpc) is 3.13. The molecule has 2 fully saturated rings. The van der Waals surface area contributed by atoms with Crippen LogP contribution in [-0.2, 0) is 16.0 Å². The van der Waals surface area contributed by atoms with Crippen LogP contribution < -0.4 is 5.32 Å². The third-order valence-electron chi connectivity index (χ3n) is 5.44. The first-order chi connectivity index (χ1) is 12.5. The molecule has 2 amide bonds. The van der Waals surface area contributed by atoms with E-state index in [1.54, 1.807) is 17.0 Å². The highest BCUT2D eigenvalue weighted by Gasteiger charge is 2.34. The van der Waals surface area contributed by atoms with Crippen LogP contribution in [0.3, 0.4) is 0 Å². The van der Waals surface area contributed by atoms with E-state index in [9.17, 15) is 9.59 Å². The molecule has 142 valence electrons. The van der Waals surface area contributed by atoms with Crippen molar-refractivity contribution in [1.29, 1.82) is 0 Å². The Kier molecular flexibility index (Phi) is 6.82. The van der Waals surface area contributed by atoms with Crippen LogP contribution in [0.25, 0.3) is 0 Å². The zero-order valence-electron chi connectivity index (χ0n) is 15.0. The molecular formula is C20H26Cl2N2O2. The lowest BCUT2D eigenvalue weighted by Gasteiger charge is -2.28. The number of hydrogen-bond donors (Lipinski definition) is 1. The van der Waals surface area contributed by atoms with Crippen molar-refractivity contribution >= 4 is 35.0 Å². The van der Waals surface area contributed by atoms with E-state index < -0.39 is 0 Å². The average molecular weight is 397 g/mol. The predicted octanol–water partition coefficient (Wildman–Crippen LogP) is 4.37. The van der Waals surface area contributed by atoms with Gasteiger partial charge in [0.15, 0.2) is 0 Å². The Morgan fingerprint density at radius 2 is 1.81 bits per heavy atom. The van der Waals surface area contributed by atoms with E-state index in [0.717, 1.165) is 31.2 Å². The van der Waals surface area contributed by atoms with Crippen LogP contribution in [0.2, 0.25) is 10.0 Å². The van der Waals surface area contributed by atoms with Crippen molar-refractivity contribution in [2.45, 2.75) is 69.9 Å². The van der Waals surface area contributed by atoms with Gasteiger partial charge in [0, 0.05) is 19.0 Å². The number of benzene rings is 1. The molecule has 1 heterocycles. The molecule has 0 spiro atoms. The van der Waals surface area contributed by atoms with Crippen LogP contribution in [0.5, 0.6) is 0 Å². The van der Waals surface area contributed by atoms with Crippen molar-refractivity contribution in [2.75, 3.05) is 6.54 Å². The summed E-state index contributed by atoms with van der Waals surface area (Å²) in [6, 6.07) is 5.41. The Morgan fingerprint density at radius 1 is 1.04 bits per heavy atom. The largest absolute Gasteiger partial charge is 0.352 e. The van der Waals surface area contributed by atoms with E-state index >= 15 is 0 Å². The van der Waals surface area contributed by atoms with Gasteiger partial charge in [-0.15, -0.1) is 0 Å². The Morgan fingerprint density at radius 3 is 2.54 bits per heavy atom. The summed E-state index contributed by atoms with van der Waals surface area (Å²) in [6.07, 6.45) is 8.37. The van der Waals surface area contributed by atoms with Crippen LogP contribution in [-0.4, -0.2) is 35.3 Å². The lowest BCUT2D eigenvalue weighted by molar-refractivity contribution is -0.138. The summed E-state index contributed by atoms with van der Waals surface area (Å²) in [5.41, 5.74) is 0.982. The van der Waals surface area contributed by atoms with Crippen molar-refractivity contribution in [3.63, 3.8) is 0 Å². The highest BCUT2D eigenvalue weighted by molar-refractivity contribution is 6.42. The van der Waals surface area contributed by atoms with Gasteiger partial charge in [0.2, 0.25) is 11.8 Å². The van der Waals surface area contributed by atoms with Crippen LogP contribution in [0.15, 0.2) is 18.2 Å². The lowest BCUT2D eigenvalue weighted by atomic mass is 9.95. The molecule has 1 aliphatic carbocycles. The van der Waals surface area contributed by atoms with E-state index in [1.165, 1.54) is 19.3 Å². The first kappa shape index (κ1) is 19.5. The Hall–Kier alpha value is -1.26. The fourth-order valence-electron chi connectivity index (χ4n) is 3.97. The monoisotopic (exact) mass is 396 g/mol. The molecule has 3 rings (SSSR count). The van der Waals surface area contributed by atoms with Gasteiger partial charge in [0.1, 0.15) is 6.04 Å². The van der Waals surface area contributed by atoms with Crippen molar-refractivity contribution in [1.82, 2.24) is 10.2 Å². The molecule has 1 N–H and O–H groups in total. The van der Waals surface area contributed by atoms with Crippen LogP contribution in [0.4, 0.5) is 0 Å². The summed E-state index contributed by atoms with van der Waals surface area (Å²) < 4.78 is 0. The van der Waals surface area contributed by atoms with Gasteiger partial charge in [0.25, 0.3) is 0 Å². The lowest BCUT2D eigenvalue weighted by Crippen LogP contribution is -2.49. The van der Waals surface area contributed by atoms with Gasteiger partial charge in [-0.3, -0.25) is 9.59 Å². The topological polar surface area (TPSA) is 49.4 Å². The van der Waals surface area contributed by atoms with Gasteiger partial charge in [0.05, 0.1) is 10.0 Å². The highest BCUT2D eigenvalue weighted by atomic mass is 35.5. The number of carbonyl (C=O) groups excluding carboxylic acids is 2. The zero-order valence-corrected chi connectivity index (χ0v) is 16.5. The zero-order chi connectivity index (χ0) is 18.5. The van der Waals surface area contributed by atoms with E-state index in [-0.39, 0.29) is 23.9 Å². The second-order valence-corrected chi connectivity index (χ2v) is 8.15. The molecule has 4 nitrogen and oxygen atoms in total. The molecule has 1 aromatic rings. The maximum Gasteiger partial charge on any atom is 0.243 e. The molecule has 1 aromatic carbocycles. The molecular weight excluding hydrogens is 371 g/mol. The van der Waals surface area contributed by atoms with Crippen molar-refractivity contribution in [3.05, 3.63) is 33.8 Å². The van der Waals surface area contributed by atoms with Gasteiger partial charge in [-0.25, -0.2) is 0 Å². The molecule has 2 aliphatic rings. The van der Waals surface area contributed by atoms with E-state index in [1.807, 2.05) is 6.07 Å². The molecule has 1 aliphatic heterocycles. The molecule has 6 heteroatoms. The van der Waals surface area contributed by atoms with Gasteiger partial charge >= 0.3 is 0 Å². The summed E-state index contributed by atoms with van der Waals surface area (Å²) in [4.78, 5) is 27.1. The number of nitrogens with zero attached hydrogens (tertiary/aromatic N) is 1. The van der Waals surface area contributed by atoms with Crippen molar-refractivity contribution in [2.24, 2.45) is 0 Å². The van der Waals surface area contributed by atoms with Crippen molar-refractivity contribution < 1.29 is 9.59 Å². The maximum atomic E-state index is 12.7. The number of amides is 2. The second kappa shape index (κ2) is 9.09. The fourth-order valence-corrected chi connectivity index (χ4v) is 4.29. The molecule has 0 radical (unpaired) electrons. The number of aryl methyl sites for hydroxylation is 1. The maximum absolute atomic E-state index is 12.7. The van der Waals surface area contributed by atoms with E-state index in [2.05, 4.69) is 5.32 Å². The van der Waals surface area contributed by atoms with Crippen LogP contribution >= 0.6 is 23.2 Å². The molecule has 0 bridgehead atoms. The minimum atomic E-state index is -0.307. The number of hydrogen-bond acceptors (Lipinski definition) is 2. The SMILES string of the molecule is O=C(NC1CCCCC1)[C@@H]1CCCN1C(=O)CCc1ccc(Cl)c(Cl)c1. The number of carbonyl (C=O) groups is 2. The summed E-state index contributed by atoms with van der Waals surface area (Å²) in [5.74, 6) is 0.0645. The molecule has 1 saturated heterocycles. The van der Waals surface area contributed by atoms with Gasteiger partial charge in [-0.05, 0) is 49.8 Å². The summed E-state index contributed by atoms with van der Waals surface area (Å²) >= 11 is 12.0. The molecule has 1 saturated carbocycles. The first-order valence-electron chi connectivity index (χ1n) is 9.58. The first-order valence-corrected chi connectivity index (χ1v) is 10.3.